The highest BCUT2D eigenvalue weighted by Crippen LogP contribution is 2.18. The Morgan fingerprint density at radius 2 is 1.67 bits per heavy atom. The maximum absolute atomic E-state index is 12.2. The molecular weight excluding hydrogens is 338 g/mol. The summed E-state index contributed by atoms with van der Waals surface area (Å²) in [7, 11) is 0. The molecule has 27 heavy (non-hydrogen) atoms. The van der Waals surface area contributed by atoms with Crippen molar-refractivity contribution >= 4 is 17.5 Å². The van der Waals surface area contributed by atoms with Gasteiger partial charge in [0.05, 0.1) is 0 Å². The number of piperidine rings is 1. The smallest absolute Gasteiger partial charge is 0.313 e. The summed E-state index contributed by atoms with van der Waals surface area (Å²) < 4.78 is 0. The normalized spacial score (nSPS) is 15.3. The lowest BCUT2D eigenvalue weighted by Crippen LogP contribution is -2.47. The summed E-state index contributed by atoms with van der Waals surface area (Å²) in [4.78, 5) is 26.9. The van der Waals surface area contributed by atoms with Gasteiger partial charge in [-0.3, -0.25) is 14.5 Å². The standard InChI is InChI=1S/C22H27N3O2/c1-16-7-6-10-20(17(16)2)24-22(27)21(26)23-19-11-13-25(14-12-19)15-18-8-4-3-5-9-18/h3-10,19H,11-15H2,1-2H3,(H,23,26)(H,24,27). The van der Waals surface area contributed by atoms with Crippen LogP contribution in [0.15, 0.2) is 48.5 Å². The first kappa shape index (κ1) is 19.1. The third kappa shape index (κ3) is 5.17. The third-order valence-corrected chi connectivity index (χ3v) is 5.23. The van der Waals surface area contributed by atoms with Crippen LogP contribution in [-0.4, -0.2) is 35.8 Å². The number of rotatable bonds is 4. The minimum absolute atomic E-state index is 0.0499. The highest BCUT2D eigenvalue weighted by molar-refractivity contribution is 6.39. The van der Waals surface area contributed by atoms with Crippen molar-refractivity contribution in [2.24, 2.45) is 0 Å². The summed E-state index contributed by atoms with van der Waals surface area (Å²) in [6, 6.07) is 16.1. The van der Waals surface area contributed by atoms with Gasteiger partial charge in [0.25, 0.3) is 0 Å². The van der Waals surface area contributed by atoms with Crippen LogP contribution in [0.4, 0.5) is 5.69 Å². The maximum Gasteiger partial charge on any atom is 0.313 e. The second-order valence-corrected chi connectivity index (χ2v) is 7.21. The second kappa shape index (κ2) is 8.82. The largest absolute Gasteiger partial charge is 0.345 e. The average Bonchev–Trinajstić information content (AvgIpc) is 2.68. The number of anilines is 1. The molecule has 0 aromatic heterocycles. The summed E-state index contributed by atoms with van der Waals surface area (Å²) >= 11 is 0. The van der Waals surface area contributed by atoms with Gasteiger partial charge in [0.15, 0.2) is 0 Å². The quantitative estimate of drug-likeness (QED) is 0.819. The SMILES string of the molecule is Cc1cccc(NC(=O)C(=O)NC2CCN(Cc3ccccc3)CC2)c1C. The lowest BCUT2D eigenvalue weighted by molar-refractivity contribution is -0.136. The van der Waals surface area contributed by atoms with Gasteiger partial charge < -0.3 is 10.6 Å². The Kier molecular flexibility index (Phi) is 6.24. The number of aryl methyl sites for hydroxylation is 1. The molecule has 0 unspecified atom stereocenters. The monoisotopic (exact) mass is 365 g/mol. The van der Waals surface area contributed by atoms with E-state index in [-0.39, 0.29) is 6.04 Å². The topological polar surface area (TPSA) is 61.4 Å². The van der Waals surface area contributed by atoms with Crippen LogP contribution in [0.1, 0.15) is 29.5 Å². The molecule has 2 aromatic carbocycles. The van der Waals surface area contributed by atoms with Crippen molar-refractivity contribution in [2.75, 3.05) is 18.4 Å². The number of nitrogens with one attached hydrogen (secondary N) is 2. The van der Waals surface area contributed by atoms with Gasteiger partial charge in [-0.05, 0) is 49.4 Å². The lowest BCUT2D eigenvalue weighted by Gasteiger charge is -2.32. The Morgan fingerprint density at radius 1 is 0.963 bits per heavy atom. The van der Waals surface area contributed by atoms with Gasteiger partial charge in [-0.25, -0.2) is 0 Å². The molecule has 5 heteroatoms. The fourth-order valence-corrected chi connectivity index (χ4v) is 3.39. The first-order chi connectivity index (χ1) is 13.0. The fourth-order valence-electron chi connectivity index (χ4n) is 3.39. The van der Waals surface area contributed by atoms with Gasteiger partial charge in [-0.15, -0.1) is 0 Å². The fraction of sp³-hybridized carbons (Fsp3) is 0.364. The van der Waals surface area contributed by atoms with Crippen molar-refractivity contribution in [1.29, 1.82) is 0 Å². The summed E-state index contributed by atoms with van der Waals surface area (Å²) in [5.74, 6) is -1.16. The zero-order valence-electron chi connectivity index (χ0n) is 16.0. The number of benzene rings is 2. The minimum atomic E-state index is -0.601. The molecule has 0 saturated carbocycles. The molecule has 0 aliphatic carbocycles. The summed E-state index contributed by atoms with van der Waals surface area (Å²) in [5, 5.41) is 5.60. The number of likely N-dealkylation sites (tertiary alicyclic amines) is 1. The molecule has 3 rings (SSSR count). The average molecular weight is 365 g/mol. The van der Waals surface area contributed by atoms with E-state index < -0.39 is 11.8 Å². The maximum atomic E-state index is 12.2. The summed E-state index contributed by atoms with van der Waals surface area (Å²) in [5.41, 5.74) is 4.05. The van der Waals surface area contributed by atoms with E-state index in [0.717, 1.165) is 43.6 Å². The first-order valence-electron chi connectivity index (χ1n) is 9.47. The lowest BCUT2D eigenvalue weighted by atomic mass is 10.0. The third-order valence-electron chi connectivity index (χ3n) is 5.23. The van der Waals surface area contributed by atoms with E-state index in [0.29, 0.717) is 5.69 Å². The zero-order valence-corrected chi connectivity index (χ0v) is 16.0. The molecule has 0 radical (unpaired) electrons. The molecule has 142 valence electrons. The minimum Gasteiger partial charge on any atom is -0.345 e. The van der Waals surface area contributed by atoms with Crippen molar-refractivity contribution in [1.82, 2.24) is 10.2 Å². The molecule has 1 aliphatic heterocycles. The van der Waals surface area contributed by atoms with E-state index in [1.165, 1.54) is 5.56 Å². The summed E-state index contributed by atoms with van der Waals surface area (Å²) in [6.07, 6.45) is 1.71. The van der Waals surface area contributed by atoms with E-state index in [2.05, 4.69) is 39.8 Å². The molecule has 0 spiro atoms. The molecule has 5 nitrogen and oxygen atoms in total. The molecule has 1 heterocycles. The number of carbonyl (C=O) groups excluding carboxylic acids is 2. The van der Waals surface area contributed by atoms with Crippen LogP contribution in [0.3, 0.4) is 0 Å². The molecule has 1 fully saturated rings. The van der Waals surface area contributed by atoms with E-state index in [4.69, 9.17) is 0 Å². The second-order valence-electron chi connectivity index (χ2n) is 7.21. The number of carbonyl (C=O) groups is 2. The highest BCUT2D eigenvalue weighted by atomic mass is 16.2. The molecule has 0 atom stereocenters. The van der Waals surface area contributed by atoms with Crippen molar-refractivity contribution in [3.63, 3.8) is 0 Å². The van der Waals surface area contributed by atoms with E-state index in [9.17, 15) is 9.59 Å². The Labute approximate surface area is 160 Å². The van der Waals surface area contributed by atoms with Crippen LogP contribution < -0.4 is 10.6 Å². The Hall–Kier alpha value is -2.66. The number of amides is 2. The molecule has 1 aliphatic rings. The van der Waals surface area contributed by atoms with Gasteiger partial charge >= 0.3 is 11.8 Å². The predicted octanol–water partition coefficient (Wildman–Crippen LogP) is 3.02. The molecule has 0 bridgehead atoms. The van der Waals surface area contributed by atoms with E-state index in [1.54, 1.807) is 0 Å². The van der Waals surface area contributed by atoms with Crippen LogP contribution in [-0.2, 0) is 16.1 Å². The van der Waals surface area contributed by atoms with Crippen LogP contribution in [0.2, 0.25) is 0 Å². The first-order valence-corrected chi connectivity index (χ1v) is 9.47. The Balaban J connectivity index is 1.46. The van der Waals surface area contributed by atoms with Gasteiger partial charge in [0.1, 0.15) is 0 Å². The van der Waals surface area contributed by atoms with Gasteiger partial charge in [-0.2, -0.15) is 0 Å². The van der Waals surface area contributed by atoms with E-state index in [1.807, 2.05) is 38.1 Å². The number of hydrogen-bond donors (Lipinski definition) is 2. The molecule has 2 N–H and O–H groups in total. The van der Waals surface area contributed by atoms with Crippen LogP contribution >= 0.6 is 0 Å². The van der Waals surface area contributed by atoms with Crippen molar-refractivity contribution in [3.8, 4) is 0 Å². The molecule has 2 aromatic rings. The predicted molar refractivity (Wildman–Crippen MR) is 107 cm³/mol. The number of hydrogen-bond acceptors (Lipinski definition) is 3. The number of nitrogens with zero attached hydrogens (tertiary/aromatic N) is 1. The van der Waals surface area contributed by atoms with Gasteiger partial charge in [0, 0.05) is 31.4 Å². The highest BCUT2D eigenvalue weighted by Gasteiger charge is 2.23. The zero-order chi connectivity index (χ0) is 19.2. The van der Waals surface area contributed by atoms with Crippen LogP contribution in [0.25, 0.3) is 0 Å². The van der Waals surface area contributed by atoms with Crippen molar-refractivity contribution in [2.45, 2.75) is 39.3 Å². The molecule has 2 amide bonds. The molecular formula is C22H27N3O2. The van der Waals surface area contributed by atoms with Gasteiger partial charge in [0.2, 0.25) is 0 Å². The van der Waals surface area contributed by atoms with Crippen LogP contribution in [0.5, 0.6) is 0 Å². The molecule has 1 saturated heterocycles. The van der Waals surface area contributed by atoms with Crippen LogP contribution in [0, 0.1) is 13.8 Å². The van der Waals surface area contributed by atoms with Crippen molar-refractivity contribution in [3.05, 3.63) is 65.2 Å². The van der Waals surface area contributed by atoms with Gasteiger partial charge in [-0.1, -0.05) is 42.5 Å². The van der Waals surface area contributed by atoms with E-state index >= 15 is 0 Å². The Bertz CT molecular complexity index is 796. The summed E-state index contributed by atoms with van der Waals surface area (Å²) in [6.45, 7) is 6.67. The Morgan fingerprint density at radius 3 is 2.37 bits per heavy atom. The van der Waals surface area contributed by atoms with Crippen molar-refractivity contribution < 1.29 is 9.59 Å².